The molecule has 0 rings (SSSR count). The number of hydrogen-bond donors (Lipinski definition) is 4. The highest BCUT2D eigenvalue weighted by molar-refractivity contribution is 5.85. The minimum Gasteiger partial charge on any atom is -0.444 e. The Kier molecular flexibility index (Phi) is 5.19. The Morgan fingerprint density at radius 2 is 1.88 bits per heavy atom. The molecule has 7 heteroatoms. The van der Waals surface area contributed by atoms with Crippen LogP contribution in [0.1, 0.15) is 27.7 Å². The van der Waals surface area contributed by atoms with Crippen LogP contribution < -0.4 is 16.6 Å². The molecule has 0 aliphatic carbocycles. The summed E-state index contributed by atoms with van der Waals surface area (Å²) < 4.78 is 4.93. The quantitative estimate of drug-likeness (QED) is 0.291. The predicted octanol–water partition coefficient (Wildman–Crippen LogP) is -0.750. The first-order valence-corrected chi connectivity index (χ1v) is 4.85. The molecule has 0 fully saturated rings. The second-order valence-corrected chi connectivity index (χ2v) is 4.37. The average Bonchev–Trinajstić information content (AvgIpc) is 2.09. The highest BCUT2D eigenvalue weighted by Crippen LogP contribution is 2.07. The summed E-state index contributed by atoms with van der Waals surface area (Å²) in [6, 6.07) is -1.14. The van der Waals surface area contributed by atoms with Gasteiger partial charge < -0.3 is 15.2 Å². The van der Waals surface area contributed by atoms with E-state index in [-0.39, 0.29) is 0 Å². The van der Waals surface area contributed by atoms with Crippen LogP contribution in [-0.2, 0) is 9.53 Å². The van der Waals surface area contributed by atoms with Crippen molar-refractivity contribution in [3.05, 3.63) is 0 Å². The summed E-state index contributed by atoms with van der Waals surface area (Å²) in [6.45, 7) is 6.42. The van der Waals surface area contributed by atoms with Gasteiger partial charge in [-0.15, -0.1) is 0 Å². The van der Waals surface area contributed by atoms with Crippen molar-refractivity contribution >= 4 is 12.0 Å². The maximum absolute atomic E-state index is 11.3. The van der Waals surface area contributed by atoms with E-state index >= 15 is 0 Å². The Bertz CT molecular complexity index is 260. The molecule has 94 valence electrons. The van der Waals surface area contributed by atoms with Crippen molar-refractivity contribution in [1.29, 1.82) is 0 Å². The van der Waals surface area contributed by atoms with E-state index in [9.17, 15) is 14.7 Å². The number of alkyl carbamates (subject to hydrolysis) is 1. The lowest BCUT2D eigenvalue weighted by Gasteiger charge is -2.24. The van der Waals surface area contributed by atoms with Gasteiger partial charge in [-0.25, -0.2) is 10.6 Å². The van der Waals surface area contributed by atoms with Crippen molar-refractivity contribution in [3.8, 4) is 0 Å². The highest BCUT2D eigenvalue weighted by atomic mass is 16.6. The second kappa shape index (κ2) is 5.66. The van der Waals surface area contributed by atoms with E-state index in [1.165, 1.54) is 6.92 Å². The van der Waals surface area contributed by atoms with Gasteiger partial charge in [0.1, 0.15) is 11.6 Å². The minimum atomic E-state index is -1.14. The number of carbonyl (C=O) groups is 2. The van der Waals surface area contributed by atoms with E-state index < -0.39 is 29.7 Å². The molecule has 5 N–H and O–H groups in total. The predicted molar refractivity (Wildman–Crippen MR) is 57.2 cm³/mol. The van der Waals surface area contributed by atoms with Gasteiger partial charge in [-0.2, -0.15) is 0 Å². The molecule has 2 amide bonds. The number of nitrogens with two attached hydrogens (primary N) is 1. The molecule has 0 aliphatic heterocycles. The monoisotopic (exact) mass is 233 g/mol. The SMILES string of the molecule is CC(O)C(NC(=O)OC(C)(C)C)C(=O)NN. The van der Waals surface area contributed by atoms with Crippen molar-refractivity contribution in [3.63, 3.8) is 0 Å². The summed E-state index contributed by atoms with van der Waals surface area (Å²) in [4.78, 5) is 22.5. The maximum Gasteiger partial charge on any atom is 0.408 e. The van der Waals surface area contributed by atoms with Gasteiger partial charge in [0.2, 0.25) is 0 Å². The summed E-state index contributed by atoms with van der Waals surface area (Å²) in [5, 5.41) is 11.5. The third-order valence-electron chi connectivity index (χ3n) is 1.58. The van der Waals surface area contributed by atoms with Crippen molar-refractivity contribution in [2.24, 2.45) is 5.84 Å². The fourth-order valence-electron chi connectivity index (χ4n) is 0.930. The molecule has 0 aromatic heterocycles. The fourth-order valence-corrected chi connectivity index (χ4v) is 0.930. The lowest BCUT2D eigenvalue weighted by Crippen LogP contribution is -2.54. The van der Waals surface area contributed by atoms with Gasteiger partial charge in [-0.3, -0.25) is 10.2 Å². The summed E-state index contributed by atoms with van der Waals surface area (Å²) >= 11 is 0. The van der Waals surface area contributed by atoms with Crippen LogP contribution in [0, 0.1) is 0 Å². The minimum absolute atomic E-state index is 0.674. The third-order valence-corrected chi connectivity index (χ3v) is 1.58. The lowest BCUT2D eigenvalue weighted by atomic mass is 10.2. The van der Waals surface area contributed by atoms with Crippen LogP contribution in [-0.4, -0.2) is 34.9 Å². The molecule has 0 saturated carbocycles. The first kappa shape index (κ1) is 14.7. The van der Waals surface area contributed by atoms with Crippen LogP contribution >= 0.6 is 0 Å². The maximum atomic E-state index is 11.3. The summed E-state index contributed by atoms with van der Waals surface area (Å²) in [6.07, 6.45) is -1.86. The first-order chi connectivity index (χ1) is 7.17. The van der Waals surface area contributed by atoms with Gasteiger partial charge >= 0.3 is 6.09 Å². The molecular weight excluding hydrogens is 214 g/mol. The van der Waals surface area contributed by atoms with Gasteiger partial charge in [-0.1, -0.05) is 0 Å². The standard InChI is InChI=1S/C9H19N3O4/c1-5(13)6(7(14)12-10)11-8(15)16-9(2,3)4/h5-6,13H,10H2,1-4H3,(H,11,15)(H,12,14). The normalized spacial score (nSPS) is 14.9. The Morgan fingerprint density at radius 3 is 2.19 bits per heavy atom. The summed E-state index contributed by atoms with van der Waals surface area (Å²) in [5.41, 5.74) is 1.17. The fraction of sp³-hybridized carbons (Fsp3) is 0.778. The molecule has 0 spiro atoms. The van der Waals surface area contributed by atoms with E-state index in [1.807, 2.05) is 5.43 Å². The molecule has 0 saturated heterocycles. The number of carbonyl (C=O) groups excluding carboxylic acids is 2. The van der Waals surface area contributed by atoms with Crippen molar-refractivity contribution in [2.75, 3.05) is 0 Å². The lowest BCUT2D eigenvalue weighted by molar-refractivity contribution is -0.125. The van der Waals surface area contributed by atoms with Crippen molar-refractivity contribution < 1.29 is 19.4 Å². The van der Waals surface area contributed by atoms with Crippen molar-refractivity contribution in [1.82, 2.24) is 10.7 Å². The van der Waals surface area contributed by atoms with Gasteiger partial charge in [0.05, 0.1) is 6.10 Å². The van der Waals surface area contributed by atoms with Gasteiger partial charge in [0.25, 0.3) is 5.91 Å². The average molecular weight is 233 g/mol. The highest BCUT2D eigenvalue weighted by Gasteiger charge is 2.27. The first-order valence-electron chi connectivity index (χ1n) is 4.85. The van der Waals surface area contributed by atoms with Crippen LogP contribution in [0.15, 0.2) is 0 Å². The van der Waals surface area contributed by atoms with Crippen LogP contribution in [0.5, 0.6) is 0 Å². The largest absolute Gasteiger partial charge is 0.444 e. The molecule has 0 heterocycles. The number of hydrogen-bond acceptors (Lipinski definition) is 5. The number of hydrazine groups is 1. The smallest absolute Gasteiger partial charge is 0.408 e. The van der Waals surface area contributed by atoms with E-state index in [1.54, 1.807) is 20.8 Å². The number of aliphatic hydroxyl groups is 1. The third kappa shape index (κ3) is 5.52. The van der Waals surface area contributed by atoms with Gasteiger partial charge in [0, 0.05) is 0 Å². The molecule has 0 aliphatic rings. The Labute approximate surface area is 94.3 Å². The van der Waals surface area contributed by atoms with E-state index in [2.05, 4.69) is 5.32 Å². The molecule has 2 atom stereocenters. The van der Waals surface area contributed by atoms with Gasteiger partial charge in [-0.05, 0) is 27.7 Å². The number of amides is 2. The number of ether oxygens (including phenoxy) is 1. The molecule has 0 bridgehead atoms. The zero-order valence-corrected chi connectivity index (χ0v) is 9.90. The van der Waals surface area contributed by atoms with Crippen LogP contribution in [0.4, 0.5) is 4.79 Å². The number of aliphatic hydroxyl groups excluding tert-OH is 1. The second-order valence-electron chi connectivity index (χ2n) is 4.37. The summed E-state index contributed by atoms with van der Waals surface area (Å²) in [7, 11) is 0. The van der Waals surface area contributed by atoms with E-state index in [0.717, 1.165) is 0 Å². The summed E-state index contributed by atoms with van der Waals surface area (Å²) in [5.74, 6) is 4.22. The number of rotatable bonds is 3. The van der Waals surface area contributed by atoms with Gasteiger partial charge in [0.15, 0.2) is 0 Å². The van der Waals surface area contributed by atoms with Crippen LogP contribution in [0.3, 0.4) is 0 Å². The van der Waals surface area contributed by atoms with Crippen molar-refractivity contribution in [2.45, 2.75) is 45.4 Å². The van der Waals surface area contributed by atoms with Crippen LogP contribution in [0.2, 0.25) is 0 Å². The molecule has 0 aromatic carbocycles. The molecule has 2 unspecified atom stereocenters. The van der Waals surface area contributed by atoms with E-state index in [4.69, 9.17) is 10.6 Å². The zero-order chi connectivity index (χ0) is 12.9. The Hall–Kier alpha value is -1.34. The van der Waals surface area contributed by atoms with E-state index in [0.29, 0.717) is 0 Å². The molecular formula is C9H19N3O4. The van der Waals surface area contributed by atoms with Crippen LogP contribution in [0.25, 0.3) is 0 Å². The molecule has 7 nitrogen and oxygen atoms in total. The zero-order valence-electron chi connectivity index (χ0n) is 9.90. The number of nitrogens with one attached hydrogen (secondary N) is 2. The molecule has 0 aromatic rings. The molecule has 0 radical (unpaired) electrons. The Balaban J connectivity index is 4.42. The molecule has 16 heavy (non-hydrogen) atoms. The topological polar surface area (TPSA) is 114 Å². The Morgan fingerprint density at radius 1 is 1.38 bits per heavy atom.